The van der Waals surface area contributed by atoms with Crippen molar-refractivity contribution >= 4 is 24.2 Å². The van der Waals surface area contributed by atoms with E-state index < -0.39 is 6.10 Å². The molecule has 2 heterocycles. The first-order valence-electron chi connectivity index (χ1n) is 12.5. The van der Waals surface area contributed by atoms with Gasteiger partial charge in [0.15, 0.2) is 0 Å². The number of hydrogen-bond donors (Lipinski definition) is 3. The fourth-order valence-electron chi connectivity index (χ4n) is 4.98. The summed E-state index contributed by atoms with van der Waals surface area (Å²) in [5, 5.41) is 16.9. The molecule has 7 nitrogen and oxygen atoms in total. The van der Waals surface area contributed by atoms with Crippen molar-refractivity contribution in [1.82, 2.24) is 15.5 Å². The van der Waals surface area contributed by atoms with Gasteiger partial charge in [-0.25, -0.2) is 4.39 Å². The van der Waals surface area contributed by atoms with Crippen LogP contribution >= 0.6 is 12.4 Å². The second kappa shape index (κ2) is 11.9. The number of benzene rings is 3. The van der Waals surface area contributed by atoms with E-state index in [2.05, 4.69) is 22.8 Å². The number of amides is 2. The summed E-state index contributed by atoms with van der Waals surface area (Å²) >= 11 is 0. The average Bonchev–Trinajstić information content (AvgIpc) is 3.21. The number of aliphatic hydroxyl groups excluding tert-OH is 1. The molecule has 5 rings (SSSR count). The fourth-order valence-corrected chi connectivity index (χ4v) is 4.98. The maximum absolute atomic E-state index is 13.3. The van der Waals surface area contributed by atoms with E-state index in [0.717, 1.165) is 11.1 Å². The highest BCUT2D eigenvalue weighted by atomic mass is 35.5. The molecule has 0 saturated carbocycles. The molecule has 9 heteroatoms. The van der Waals surface area contributed by atoms with Gasteiger partial charge in [-0.3, -0.25) is 9.59 Å². The monoisotopic (exact) mass is 539 g/mol. The maximum atomic E-state index is 13.3. The lowest BCUT2D eigenvalue weighted by molar-refractivity contribution is 0.0766. The van der Waals surface area contributed by atoms with Gasteiger partial charge in [0, 0.05) is 37.8 Å². The summed E-state index contributed by atoms with van der Waals surface area (Å²) in [5.41, 5.74) is 4.78. The molecule has 2 amide bonds. The van der Waals surface area contributed by atoms with Gasteiger partial charge in [0.25, 0.3) is 11.8 Å². The fraction of sp³-hybridized carbons (Fsp3) is 0.310. The van der Waals surface area contributed by atoms with E-state index >= 15 is 0 Å². The highest BCUT2D eigenvalue weighted by molar-refractivity contribution is 6.03. The largest absolute Gasteiger partial charge is 0.493 e. The Labute approximate surface area is 227 Å². The molecule has 0 aliphatic carbocycles. The molecule has 3 N–H and O–H groups in total. The van der Waals surface area contributed by atoms with Crippen LogP contribution in [0.2, 0.25) is 0 Å². The highest BCUT2D eigenvalue weighted by Crippen LogP contribution is 2.31. The van der Waals surface area contributed by atoms with Crippen LogP contribution in [0.5, 0.6) is 5.75 Å². The molecule has 3 aromatic rings. The van der Waals surface area contributed by atoms with E-state index in [4.69, 9.17) is 4.74 Å². The molecule has 0 bridgehead atoms. The number of nitrogens with zero attached hydrogens (tertiary/aromatic N) is 1. The molecule has 0 aromatic heterocycles. The minimum absolute atomic E-state index is 0. The average molecular weight is 540 g/mol. The summed E-state index contributed by atoms with van der Waals surface area (Å²) < 4.78 is 19.0. The summed E-state index contributed by atoms with van der Waals surface area (Å²) in [6, 6.07) is 17.3. The van der Waals surface area contributed by atoms with Crippen LogP contribution in [0.15, 0.2) is 60.7 Å². The van der Waals surface area contributed by atoms with Crippen LogP contribution in [0.3, 0.4) is 0 Å². The molecular weight excluding hydrogens is 509 g/mol. The summed E-state index contributed by atoms with van der Waals surface area (Å²) in [6.07, 6.45) is -0.0857. The quantitative estimate of drug-likeness (QED) is 0.407. The lowest BCUT2D eigenvalue weighted by atomic mass is 9.93. The van der Waals surface area contributed by atoms with Crippen LogP contribution < -0.4 is 15.4 Å². The van der Waals surface area contributed by atoms with Crippen molar-refractivity contribution in [3.8, 4) is 5.75 Å². The Kier molecular flexibility index (Phi) is 8.66. The van der Waals surface area contributed by atoms with Crippen LogP contribution in [-0.2, 0) is 26.1 Å². The molecule has 3 aromatic carbocycles. The number of hydrogen-bond acceptors (Lipinski definition) is 5. The Morgan fingerprint density at radius 1 is 1.16 bits per heavy atom. The normalized spacial score (nSPS) is 16.8. The van der Waals surface area contributed by atoms with E-state index in [1.165, 1.54) is 23.3 Å². The standard InChI is InChI=1S/C29H30FN3O4.ClH/c1-2-37-27-13-23-21(17-33(29(23)36)16-18-7-9-22(30)10-8-18)11-24(27)28(35)32-15-26(34)25-12-19-5-3-4-6-20(19)14-31-25;/h3-11,13,25-26,31,34H,2,12,14-17H2,1H3,(H,32,35);1H. The summed E-state index contributed by atoms with van der Waals surface area (Å²) in [6.45, 7) is 3.58. The third-order valence-electron chi connectivity index (χ3n) is 6.96. The van der Waals surface area contributed by atoms with Gasteiger partial charge < -0.3 is 25.4 Å². The summed E-state index contributed by atoms with van der Waals surface area (Å²) in [7, 11) is 0. The number of nitrogens with one attached hydrogen (secondary N) is 2. The number of aliphatic hydroxyl groups is 1. The molecule has 200 valence electrons. The Hall–Kier alpha value is -3.46. The highest BCUT2D eigenvalue weighted by Gasteiger charge is 2.31. The predicted molar refractivity (Wildman–Crippen MR) is 144 cm³/mol. The van der Waals surface area contributed by atoms with Crippen molar-refractivity contribution in [2.24, 2.45) is 0 Å². The topological polar surface area (TPSA) is 90.9 Å². The van der Waals surface area contributed by atoms with E-state index in [-0.39, 0.29) is 42.6 Å². The summed E-state index contributed by atoms with van der Waals surface area (Å²) in [4.78, 5) is 27.9. The van der Waals surface area contributed by atoms with E-state index in [1.807, 2.05) is 19.1 Å². The van der Waals surface area contributed by atoms with E-state index in [1.54, 1.807) is 29.2 Å². The smallest absolute Gasteiger partial charge is 0.255 e. The van der Waals surface area contributed by atoms with Crippen molar-refractivity contribution in [3.63, 3.8) is 0 Å². The molecular formula is C29H31ClFN3O4. The number of halogens is 2. The number of carbonyl (C=O) groups excluding carboxylic acids is 2. The second-order valence-electron chi connectivity index (χ2n) is 9.46. The van der Waals surface area contributed by atoms with Crippen LogP contribution in [0.25, 0.3) is 0 Å². The van der Waals surface area contributed by atoms with Crippen molar-refractivity contribution in [2.45, 2.75) is 45.1 Å². The number of fused-ring (bicyclic) bond motifs is 2. The first kappa shape index (κ1) is 27.6. The zero-order valence-electron chi connectivity index (χ0n) is 21.1. The molecule has 2 aliphatic rings. The van der Waals surface area contributed by atoms with Crippen LogP contribution in [0.1, 0.15) is 49.9 Å². The van der Waals surface area contributed by atoms with Crippen LogP contribution in [0, 0.1) is 5.82 Å². The molecule has 0 saturated heterocycles. The van der Waals surface area contributed by atoms with Crippen molar-refractivity contribution < 1.29 is 23.8 Å². The van der Waals surface area contributed by atoms with Crippen LogP contribution in [-0.4, -0.2) is 47.1 Å². The molecule has 38 heavy (non-hydrogen) atoms. The Morgan fingerprint density at radius 2 is 1.89 bits per heavy atom. The molecule has 0 fully saturated rings. The minimum Gasteiger partial charge on any atom is -0.493 e. The first-order valence-corrected chi connectivity index (χ1v) is 12.5. The van der Waals surface area contributed by atoms with Gasteiger partial charge in [0.1, 0.15) is 11.6 Å². The Balaban J connectivity index is 0.00000336. The summed E-state index contributed by atoms with van der Waals surface area (Å²) in [5.74, 6) is -0.529. The third kappa shape index (κ3) is 5.83. The molecule has 2 atom stereocenters. The van der Waals surface area contributed by atoms with Crippen molar-refractivity contribution in [1.29, 1.82) is 0 Å². The van der Waals surface area contributed by atoms with E-state index in [0.29, 0.717) is 49.5 Å². The van der Waals surface area contributed by atoms with Gasteiger partial charge in [-0.15, -0.1) is 12.4 Å². The Bertz CT molecular complexity index is 1320. The van der Waals surface area contributed by atoms with Gasteiger partial charge >= 0.3 is 0 Å². The number of rotatable bonds is 8. The SMILES string of the molecule is CCOc1cc2c(cc1C(=O)NCC(O)C1Cc3ccccc3CN1)CN(Cc1ccc(F)cc1)C2=O.Cl. The van der Waals surface area contributed by atoms with E-state index in [9.17, 15) is 19.1 Å². The van der Waals surface area contributed by atoms with Gasteiger partial charge in [-0.1, -0.05) is 36.4 Å². The maximum Gasteiger partial charge on any atom is 0.255 e. The number of carbonyl (C=O) groups is 2. The van der Waals surface area contributed by atoms with Crippen molar-refractivity contribution in [3.05, 3.63) is 99.9 Å². The Morgan fingerprint density at radius 3 is 2.63 bits per heavy atom. The van der Waals surface area contributed by atoms with Gasteiger partial charge in [-0.05, 0) is 59.9 Å². The zero-order chi connectivity index (χ0) is 25.9. The van der Waals surface area contributed by atoms with Gasteiger partial charge in [0.05, 0.1) is 18.3 Å². The number of ether oxygens (including phenoxy) is 1. The van der Waals surface area contributed by atoms with Crippen molar-refractivity contribution in [2.75, 3.05) is 13.2 Å². The molecule has 0 spiro atoms. The van der Waals surface area contributed by atoms with Crippen LogP contribution in [0.4, 0.5) is 4.39 Å². The minimum atomic E-state index is -0.768. The first-order chi connectivity index (χ1) is 17.9. The molecule has 0 radical (unpaired) electrons. The third-order valence-corrected chi connectivity index (χ3v) is 6.96. The second-order valence-corrected chi connectivity index (χ2v) is 9.46. The van der Waals surface area contributed by atoms with Gasteiger partial charge in [0.2, 0.25) is 0 Å². The lowest BCUT2D eigenvalue weighted by Gasteiger charge is -2.30. The molecule has 2 aliphatic heterocycles. The lowest BCUT2D eigenvalue weighted by Crippen LogP contribution is -2.49. The zero-order valence-corrected chi connectivity index (χ0v) is 21.9. The predicted octanol–water partition coefficient (Wildman–Crippen LogP) is 3.61. The molecule has 2 unspecified atom stereocenters. The van der Waals surface area contributed by atoms with Gasteiger partial charge in [-0.2, -0.15) is 0 Å².